The minimum absolute atomic E-state index is 0.0273. The van der Waals surface area contributed by atoms with Gasteiger partial charge in [-0.05, 0) is 6.07 Å². The highest BCUT2D eigenvalue weighted by molar-refractivity contribution is 7.17. The lowest BCUT2D eigenvalue weighted by Gasteiger charge is -2.21. The Kier molecular flexibility index (Phi) is 3.48. The van der Waals surface area contributed by atoms with Gasteiger partial charge in [0.25, 0.3) is 5.91 Å². The highest BCUT2D eigenvalue weighted by Crippen LogP contribution is 2.38. The van der Waals surface area contributed by atoms with Crippen LogP contribution >= 0.6 is 8.69 Å². The van der Waals surface area contributed by atoms with Gasteiger partial charge in [0.05, 0.1) is 18.4 Å². The molecule has 1 heterocycles. The molecule has 2 rings (SSSR count). The van der Waals surface area contributed by atoms with Gasteiger partial charge in [-0.2, -0.15) is 0 Å². The van der Waals surface area contributed by atoms with E-state index in [2.05, 4.69) is 16.6 Å². The van der Waals surface area contributed by atoms with E-state index in [-0.39, 0.29) is 28.5 Å². The monoisotopic (exact) mass is 281 g/mol. The van der Waals surface area contributed by atoms with E-state index in [0.717, 1.165) is 0 Å². The van der Waals surface area contributed by atoms with E-state index in [1.807, 2.05) is 0 Å². The summed E-state index contributed by atoms with van der Waals surface area (Å²) in [6.07, 6.45) is 0. The Balaban J connectivity index is 2.58. The molecule has 1 aliphatic heterocycles. The van der Waals surface area contributed by atoms with Crippen molar-refractivity contribution in [3.05, 3.63) is 30.0 Å². The van der Waals surface area contributed by atoms with Crippen LogP contribution in [0.2, 0.25) is 0 Å². The molecule has 19 heavy (non-hydrogen) atoms. The van der Waals surface area contributed by atoms with Gasteiger partial charge in [-0.3, -0.25) is 4.79 Å². The van der Waals surface area contributed by atoms with Gasteiger partial charge in [-0.1, -0.05) is 6.58 Å². The van der Waals surface area contributed by atoms with Crippen LogP contribution in [0.1, 0.15) is 10.4 Å². The zero-order chi connectivity index (χ0) is 14.0. The number of hydrogen-bond donors (Lipinski definition) is 1. The molecule has 0 saturated heterocycles. The fourth-order valence-electron chi connectivity index (χ4n) is 1.53. The van der Waals surface area contributed by atoms with E-state index in [4.69, 9.17) is 9.26 Å². The van der Waals surface area contributed by atoms with Crippen molar-refractivity contribution in [2.45, 2.75) is 0 Å². The van der Waals surface area contributed by atoms with Gasteiger partial charge in [0, 0.05) is 6.07 Å². The SMILES string of the molecule is C=C1Oc2cc(OP=O)cc(C(=O)OC)c2NC1=O. The quantitative estimate of drug-likeness (QED) is 0.517. The summed E-state index contributed by atoms with van der Waals surface area (Å²) in [5, 5.41) is 2.46. The molecule has 0 aliphatic carbocycles. The van der Waals surface area contributed by atoms with Gasteiger partial charge in [0.1, 0.15) is 5.75 Å². The summed E-state index contributed by atoms with van der Waals surface area (Å²) in [6, 6.07) is 2.66. The van der Waals surface area contributed by atoms with Crippen molar-refractivity contribution in [3.8, 4) is 11.5 Å². The van der Waals surface area contributed by atoms with Crippen molar-refractivity contribution in [3.63, 3.8) is 0 Å². The highest BCUT2D eigenvalue weighted by Gasteiger charge is 2.27. The molecule has 1 aromatic rings. The van der Waals surface area contributed by atoms with Crippen LogP contribution in [0.25, 0.3) is 0 Å². The topological polar surface area (TPSA) is 90.9 Å². The Bertz CT molecular complexity index is 597. The Hall–Kier alpha value is -2.40. The van der Waals surface area contributed by atoms with Gasteiger partial charge in [-0.25, -0.2) is 9.36 Å². The molecular weight excluding hydrogens is 273 g/mol. The average molecular weight is 281 g/mol. The predicted octanol–water partition coefficient (Wildman–Crippen LogP) is 1.90. The number of fused-ring (bicyclic) bond motifs is 1. The number of anilines is 1. The number of rotatable bonds is 3. The first-order valence-corrected chi connectivity index (χ1v) is 5.74. The second kappa shape index (κ2) is 5.07. The second-order valence-electron chi connectivity index (χ2n) is 3.48. The molecule has 0 radical (unpaired) electrons. The first-order chi connectivity index (χ1) is 9.06. The Morgan fingerprint density at radius 3 is 2.84 bits per heavy atom. The molecule has 1 aromatic carbocycles. The zero-order valence-corrected chi connectivity index (χ0v) is 10.7. The van der Waals surface area contributed by atoms with Crippen LogP contribution in [-0.4, -0.2) is 19.0 Å². The third-order valence-corrected chi connectivity index (χ3v) is 2.63. The summed E-state index contributed by atoms with van der Waals surface area (Å²) in [7, 11) is 0.607. The van der Waals surface area contributed by atoms with Crippen LogP contribution in [0.3, 0.4) is 0 Å². The molecule has 0 atom stereocenters. The van der Waals surface area contributed by atoms with Crippen molar-refractivity contribution < 1.29 is 28.2 Å². The number of esters is 1. The molecule has 0 saturated carbocycles. The lowest BCUT2D eigenvalue weighted by atomic mass is 10.1. The molecule has 1 amide bonds. The molecule has 1 aliphatic rings. The van der Waals surface area contributed by atoms with Crippen LogP contribution in [0, 0.1) is 0 Å². The van der Waals surface area contributed by atoms with Crippen molar-refractivity contribution in [2.24, 2.45) is 0 Å². The lowest BCUT2D eigenvalue weighted by molar-refractivity contribution is -0.115. The third kappa shape index (κ3) is 2.41. The summed E-state index contributed by atoms with van der Waals surface area (Å²) in [6.45, 7) is 3.41. The second-order valence-corrected chi connectivity index (χ2v) is 3.81. The summed E-state index contributed by atoms with van der Waals surface area (Å²) in [5.74, 6) is -1.10. The number of carbonyl (C=O) groups is 2. The van der Waals surface area contributed by atoms with Crippen LogP contribution in [-0.2, 0) is 14.1 Å². The third-order valence-electron chi connectivity index (χ3n) is 2.35. The van der Waals surface area contributed by atoms with Gasteiger partial charge < -0.3 is 19.3 Å². The minimum atomic E-state index is -0.694. The summed E-state index contributed by atoms with van der Waals surface area (Å²) in [4.78, 5) is 23.1. The van der Waals surface area contributed by atoms with Crippen LogP contribution in [0.5, 0.6) is 11.5 Å². The van der Waals surface area contributed by atoms with E-state index in [0.29, 0.717) is 0 Å². The lowest BCUT2D eigenvalue weighted by Crippen LogP contribution is -2.24. The number of benzene rings is 1. The smallest absolute Gasteiger partial charge is 0.395 e. The maximum absolute atomic E-state index is 11.6. The van der Waals surface area contributed by atoms with Gasteiger partial charge >= 0.3 is 14.7 Å². The van der Waals surface area contributed by atoms with Crippen molar-refractivity contribution in [1.82, 2.24) is 0 Å². The zero-order valence-electron chi connectivity index (χ0n) is 9.76. The number of hydrogen-bond acceptors (Lipinski definition) is 6. The van der Waals surface area contributed by atoms with Crippen molar-refractivity contribution >= 4 is 26.3 Å². The van der Waals surface area contributed by atoms with E-state index >= 15 is 0 Å². The Labute approximate surface area is 109 Å². The number of methoxy groups -OCH3 is 1. The van der Waals surface area contributed by atoms with Crippen molar-refractivity contribution in [1.29, 1.82) is 0 Å². The van der Waals surface area contributed by atoms with E-state index in [9.17, 15) is 14.2 Å². The first-order valence-electron chi connectivity index (χ1n) is 5.01. The predicted molar refractivity (Wildman–Crippen MR) is 64.4 cm³/mol. The van der Waals surface area contributed by atoms with Crippen LogP contribution in [0.15, 0.2) is 24.5 Å². The largest absolute Gasteiger partial charge is 0.465 e. The summed E-state index contributed by atoms with van der Waals surface area (Å²) in [5.41, 5.74) is 0.179. The summed E-state index contributed by atoms with van der Waals surface area (Å²) < 4.78 is 25.0. The van der Waals surface area contributed by atoms with E-state index < -0.39 is 20.6 Å². The highest BCUT2D eigenvalue weighted by atomic mass is 31.1. The standard InChI is InChI=1S/C11H8NO6P/c1-5-10(13)12-9-7(11(14)16-2)3-6(18-19-15)4-8(9)17-5/h3-4H,1H2,2H3,(H,12,13). The molecule has 0 fully saturated rings. The number of nitrogens with one attached hydrogen (secondary N) is 1. The van der Waals surface area contributed by atoms with Gasteiger partial charge in [0.2, 0.25) is 0 Å². The maximum Gasteiger partial charge on any atom is 0.395 e. The van der Waals surface area contributed by atoms with Gasteiger partial charge in [-0.15, -0.1) is 0 Å². The molecule has 1 N–H and O–H groups in total. The maximum atomic E-state index is 11.6. The average Bonchev–Trinajstić information content (AvgIpc) is 2.39. The summed E-state index contributed by atoms with van der Waals surface area (Å²) >= 11 is 0. The molecular formula is C11H8NO6P. The molecule has 0 unspecified atom stereocenters. The van der Waals surface area contributed by atoms with E-state index in [1.54, 1.807) is 0 Å². The molecule has 7 nitrogen and oxygen atoms in total. The molecule has 8 heteroatoms. The van der Waals surface area contributed by atoms with Gasteiger partial charge in [0.15, 0.2) is 11.5 Å². The Morgan fingerprint density at radius 1 is 1.47 bits per heavy atom. The molecule has 0 bridgehead atoms. The minimum Gasteiger partial charge on any atom is -0.465 e. The normalized spacial score (nSPS) is 13.3. The molecule has 0 aromatic heterocycles. The van der Waals surface area contributed by atoms with Crippen molar-refractivity contribution in [2.75, 3.05) is 12.4 Å². The first kappa shape index (κ1) is 13.0. The molecule has 0 spiro atoms. The van der Waals surface area contributed by atoms with E-state index in [1.165, 1.54) is 19.2 Å². The fourth-order valence-corrected chi connectivity index (χ4v) is 1.72. The molecule has 98 valence electrons. The number of carbonyl (C=O) groups excluding carboxylic acids is 2. The number of amides is 1. The van der Waals surface area contributed by atoms with Crippen LogP contribution < -0.4 is 14.6 Å². The number of ether oxygens (including phenoxy) is 2. The fraction of sp³-hybridized carbons (Fsp3) is 0.0909. The van der Waals surface area contributed by atoms with Crippen LogP contribution in [0.4, 0.5) is 5.69 Å². The Morgan fingerprint density at radius 2 is 2.21 bits per heavy atom.